The minimum Gasteiger partial charge on any atom is -0.321 e. The van der Waals surface area contributed by atoms with Crippen molar-refractivity contribution in [3.63, 3.8) is 0 Å². The van der Waals surface area contributed by atoms with Gasteiger partial charge < -0.3 is 16.0 Å². The van der Waals surface area contributed by atoms with Gasteiger partial charge in [0.15, 0.2) is 5.13 Å². The minimum atomic E-state index is -0.497. The summed E-state index contributed by atoms with van der Waals surface area (Å²) in [6.45, 7) is 1.77. The largest absolute Gasteiger partial charge is 0.321 e. The molecule has 0 spiro atoms. The third-order valence-electron chi connectivity index (χ3n) is 7.53. The lowest BCUT2D eigenvalue weighted by Gasteiger charge is -2.13. The number of nitro groups is 1. The number of thioether (sulfide) groups is 1. The highest BCUT2D eigenvalue weighted by atomic mass is 32.2. The van der Waals surface area contributed by atoms with Gasteiger partial charge in [-0.1, -0.05) is 72.8 Å². The number of non-ortho nitro benzene ring substituents is 1. The van der Waals surface area contributed by atoms with Gasteiger partial charge in [-0.2, -0.15) is 0 Å². The van der Waals surface area contributed by atoms with Crippen molar-refractivity contribution in [3.8, 4) is 11.3 Å². The van der Waals surface area contributed by atoms with Gasteiger partial charge >= 0.3 is 0 Å². The summed E-state index contributed by atoms with van der Waals surface area (Å²) in [7, 11) is 0. The molecule has 0 aliphatic rings. The number of nitrogens with zero attached hydrogens (tertiary/aromatic N) is 2. The number of anilines is 2. The van der Waals surface area contributed by atoms with Gasteiger partial charge in [-0.05, 0) is 65.7 Å². The van der Waals surface area contributed by atoms with E-state index in [1.54, 1.807) is 79.0 Å². The third kappa shape index (κ3) is 8.29. The van der Waals surface area contributed by atoms with E-state index in [2.05, 4.69) is 20.9 Å². The monoisotopic (exact) mass is 699 g/mol. The van der Waals surface area contributed by atoms with Gasteiger partial charge in [-0.25, -0.2) is 4.98 Å². The Hall–Kier alpha value is -6.11. The second kappa shape index (κ2) is 15.4. The standard InChI is InChI=1S/C38H29N5O5S2/c1-24(35(44)42-38-41-34(23-49-38)28-14-8-15-30(21-28)43(47)48)50-31-19-17-29(18-20-31)39-37(46)33(40-36(45)26-10-3-2-4-11-26)22-27-13-7-12-25-9-5-6-16-32(25)27/h2-24H,1H3,(H,39,46)(H,40,45)(H,41,42,44)/b33-22-. The molecule has 5 aromatic carbocycles. The Bertz CT molecular complexity index is 2230. The SMILES string of the molecule is CC(Sc1ccc(NC(=O)/C(=C/c2cccc3ccccc23)NC(=O)c2ccccc2)cc1)C(=O)Nc1nc(-c2cccc([N+](=O)[O-])c2)cs1. The molecule has 0 saturated carbocycles. The Labute approximate surface area is 295 Å². The molecule has 0 aliphatic carbocycles. The molecule has 0 saturated heterocycles. The average Bonchev–Trinajstić information content (AvgIpc) is 3.61. The number of fused-ring (bicyclic) bond motifs is 1. The van der Waals surface area contributed by atoms with Crippen LogP contribution in [0.2, 0.25) is 0 Å². The maximum atomic E-state index is 13.6. The van der Waals surface area contributed by atoms with Crippen LogP contribution in [0.25, 0.3) is 28.1 Å². The number of thiazole rings is 1. The van der Waals surface area contributed by atoms with Crippen LogP contribution in [0.5, 0.6) is 0 Å². The number of nitro benzene ring substituents is 1. The molecule has 6 aromatic rings. The molecular weight excluding hydrogens is 671 g/mol. The lowest BCUT2D eigenvalue weighted by atomic mass is 10.0. The molecule has 1 atom stereocenters. The highest BCUT2D eigenvalue weighted by molar-refractivity contribution is 8.00. The number of amides is 3. The van der Waals surface area contributed by atoms with Crippen LogP contribution in [0.1, 0.15) is 22.8 Å². The Morgan fingerprint density at radius 2 is 1.58 bits per heavy atom. The van der Waals surface area contributed by atoms with Crippen molar-refractivity contribution in [2.45, 2.75) is 17.1 Å². The molecule has 1 unspecified atom stereocenters. The second-order valence-corrected chi connectivity index (χ2v) is 13.3. The average molecular weight is 700 g/mol. The Kier molecular flexibility index (Phi) is 10.4. The Balaban J connectivity index is 1.11. The number of benzene rings is 5. The van der Waals surface area contributed by atoms with Crippen molar-refractivity contribution in [3.05, 3.63) is 154 Å². The van der Waals surface area contributed by atoms with E-state index >= 15 is 0 Å². The van der Waals surface area contributed by atoms with Crippen LogP contribution < -0.4 is 16.0 Å². The van der Waals surface area contributed by atoms with Crippen LogP contribution >= 0.6 is 23.1 Å². The van der Waals surface area contributed by atoms with E-state index in [0.717, 1.165) is 21.2 Å². The first-order chi connectivity index (χ1) is 24.2. The summed E-state index contributed by atoms with van der Waals surface area (Å²) in [4.78, 5) is 55.5. The van der Waals surface area contributed by atoms with Crippen LogP contribution in [-0.2, 0) is 9.59 Å². The fourth-order valence-corrected chi connectivity index (χ4v) is 6.59. The first-order valence-electron chi connectivity index (χ1n) is 15.4. The maximum Gasteiger partial charge on any atom is 0.272 e. The Morgan fingerprint density at radius 3 is 2.36 bits per heavy atom. The van der Waals surface area contributed by atoms with E-state index in [-0.39, 0.29) is 17.3 Å². The molecule has 0 radical (unpaired) electrons. The van der Waals surface area contributed by atoms with Crippen molar-refractivity contribution in [1.29, 1.82) is 0 Å². The summed E-state index contributed by atoms with van der Waals surface area (Å²) in [5.41, 5.74) is 2.85. The second-order valence-electron chi connectivity index (χ2n) is 11.0. The van der Waals surface area contributed by atoms with Gasteiger partial charge in [-0.15, -0.1) is 23.1 Å². The third-order valence-corrected chi connectivity index (χ3v) is 9.40. The highest BCUT2D eigenvalue weighted by Crippen LogP contribution is 2.30. The van der Waals surface area contributed by atoms with Crippen LogP contribution in [0.15, 0.2) is 137 Å². The number of nitrogens with one attached hydrogen (secondary N) is 3. The summed E-state index contributed by atoms with van der Waals surface area (Å²) in [5, 5.41) is 23.2. The van der Waals surface area contributed by atoms with Crippen LogP contribution in [0.4, 0.5) is 16.5 Å². The minimum absolute atomic E-state index is 0.0376. The number of carbonyl (C=O) groups is 3. The summed E-state index contributed by atoms with van der Waals surface area (Å²) in [5.74, 6) is -1.17. The van der Waals surface area contributed by atoms with Crippen molar-refractivity contribution in [2.75, 3.05) is 10.6 Å². The van der Waals surface area contributed by atoms with Crippen molar-refractivity contribution < 1.29 is 19.3 Å². The normalized spacial score (nSPS) is 11.8. The topological polar surface area (TPSA) is 143 Å². The molecule has 0 fully saturated rings. The van der Waals surface area contributed by atoms with Crippen LogP contribution in [0, 0.1) is 10.1 Å². The number of carbonyl (C=O) groups excluding carboxylic acids is 3. The van der Waals surface area contributed by atoms with E-state index in [1.807, 2.05) is 48.5 Å². The van der Waals surface area contributed by atoms with Gasteiger partial charge in [0.25, 0.3) is 17.5 Å². The highest BCUT2D eigenvalue weighted by Gasteiger charge is 2.19. The van der Waals surface area contributed by atoms with E-state index in [1.165, 1.54) is 35.2 Å². The molecule has 0 bridgehead atoms. The lowest BCUT2D eigenvalue weighted by molar-refractivity contribution is -0.384. The zero-order chi connectivity index (χ0) is 35.0. The first kappa shape index (κ1) is 33.8. The molecule has 1 aromatic heterocycles. The van der Waals surface area contributed by atoms with Crippen molar-refractivity contribution >= 4 is 74.2 Å². The summed E-state index contributed by atoms with van der Waals surface area (Å²) in [6, 6.07) is 35.5. The first-order valence-corrected chi connectivity index (χ1v) is 17.1. The quantitative estimate of drug-likeness (QED) is 0.0533. The molecule has 3 N–H and O–H groups in total. The molecule has 6 rings (SSSR count). The zero-order valence-corrected chi connectivity index (χ0v) is 28.2. The van der Waals surface area contributed by atoms with Crippen molar-refractivity contribution in [1.82, 2.24) is 10.3 Å². The van der Waals surface area contributed by atoms with Crippen molar-refractivity contribution in [2.24, 2.45) is 0 Å². The van der Waals surface area contributed by atoms with Crippen LogP contribution in [-0.4, -0.2) is 32.9 Å². The molecule has 10 nitrogen and oxygen atoms in total. The smallest absolute Gasteiger partial charge is 0.272 e. The fraction of sp³-hybridized carbons (Fsp3) is 0.0526. The van der Waals surface area contributed by atoms with E-state index in [0.29, 0.717) is 27.6 Å². The van der Waals surface area contributed by atoms with Gasteiger partial charge in [0.05, 0.1) is 15.9 Å². The van der Waals surface area contributed by atoms with Gasteiger partial charge in [0.1, 0.15) is 5.70 Å². The lowest BCUT2D eigenvalue weighted by Crippen LogP contribution is -2.30. The fourth-order valence-electron chi connectivity index (χ4n) is 5.00. The summed E-state index contributed by atoms with van der Waals surface area (Å²) in [6.07, 6.45) is 1.66. The molecule has 248 valence electrons. The van der Waals surface area contributed by atoms with E-state index in [9.17, 15) is 24.5 Å². The molecular formula is C38H29N5O5S2. The van der Waals surface area contributed by atoms with Crippen LogP contribution in [0.3, 0.4) is 0 Å². The number of aromatic nitrogens is 1. The zero-order valence-electron chi connectivity index (χ0n) is 26.5. The number of rotatable bonds is 11. The predicted molar refractivity (Wildman–Crippen MR) is 199 cm³/mol. The summed E-state index contributed by atoms with van der Waals surface area (Å²) >= 11 is 2.56. The van der Waals surface area contributed by atoms with Gasteiger partial charge in [0.2, 0.25) is 5.91 Å². The molecule has 3 amide bonds. The molecule has 1 heterocycles. The number of hydrogen-bond donors (Lipinski definition) is 3. The van der Waals surface area contributed by atoms with Gasteiger partial charge in [-0.3, -0.25) is 24.5 Å². The maximum absolute atomic E-state index is 13.6. The van der Waals surface area contributed by atoms with E-state index < -0.39 is 22.0 Å². The molecule has 0 aliphatic heterocycles. The predicted octanol–water partition coefficient (Wildman–Crippen LogP) is 8.40. The van der Waals surface area contributed by atoms with E-state index in [4.69, 9.17) is 0 Å². The Morgan fingerprint density at radius 1 is 0.860 bits per heavy atom. The number of hydrogen-bond acceptors (Lipinski definition) is 8. The molecule has 50 heavy (non-hydrogen) atoms. The summed E-state index contributed by atoms with van der Waals surface area (Å²) < 4.78 is 0. The van der Waals surface area contributed by atoms with Gasteiger partial charge in [0, 0.05) is 39.2 Å². The molecule has 12 heteroatoms.